The monoisotopic (exact) mass is 417 g/mol. The van der Waals surface area contributed by atoms with Crippen LogP contribution in [0.5, 0.6) is 0 Å². The molecule has 1 saturated heterocycles. The molecule has 0 spiro atoms. The molecule has 2 atom stereocenters. The summed E-state index contributed by atoms with van der Waals surface area (Å²) in [6.07, 6.45) is 14.6. The normalized spacial score (nSPS) is 22.0. The quantitative estimate of drug-likeness (QED) is 0.304. The van der Waals surface area contributed by atoms with Crippen LogP contribution in [0, 0.1) is 5.41 Å². The SMILES string of the molecule is O=C(O)CCC/C=C\CN1C(=O)CC1/C=C/CC(O)C1(Cc2cccs2)CCC1. The maximum atomic E-state index is 11.9. The minimum Gasteiger partial charge on any atom is -0.481 e. The number of thiophene rings is 1. The molecule has 0 radical (unpaired) electrons. The van der Waals surface area contributed by atoms with Gasteiger partial charge in [-0.3, -0.25) is 9.59 Å². The molecule has 1 aromatic rings. The fraction of sp³-hybridized carbons (Fsp3) is 0.565. The van der Waals surface area contributed by atoms with Crippen LogP contribution in [0.1, 0.15) is 56.2 Å². The number of aliphatic hydroxyl groups excluding tert-OH is 1. The molecule has 1 aliphatic carbocycles. The highest BCUT2D eigenvalue weighted by atomic mass is 32.1. The van der Waals surface area contributed by atoms with Gasteiger partial charge in [-0.15, -0.1) is 11.3 Å². The third-order valence-electron chi connectivity index (χ3n) is 6.21. The molecule has 2 fully saturated rings. The maximum Gasteiger partial charge on any atom is 0.303 e. The molecule has 3 rings (SSSR count). The Morgan fingerprint density at radius 2 is 2.17 bits per heavy atom. The van der Waals surface area contributed by atoms with Gasteiger partial charge in [-0.2, -0.15) is 0 Å². The topological polar surface area (TPSA) is 77.8 Å². The van der Waals surface area contributed by atoms with Crippen molar-refractivity contribution in [3.8, 4) is 0 Å². The smallest absolute Gasteiger partial charge is 0.303 e. The summed E-state index contributed by atoms with van der Waals surface area (Å²) in [5.74, 6) is -0.633. The molecule has 5 nitrogen and oxygen atoms in total. The summed E-state index contributed by atoms with van der Waals surface area (Å²) in [5.41, 5.74) is 0.0169. The number of aliphatic carboxylic acids is 1. The molecule has 1 aromatic heterocycles. The Bertz CT molecular complexity index is 736. The van der Waals surface area contributed by atoms with Crippen molar-refractivity contribution >= 4 is 23.2 Å². The summed E-state index contributed by atoms with van der Waals surface area (Å²) in [6, 6.07) is 4.33. The van der Waals surface area contributed by atoms with Gasteiger partial charge in [-0.05, 0) is 50.0 Å². The number of carbonyl (C=O) groups excluding carboxylic acids is 1. The van der Waals surface area contributed by atoms with Crippen LogP contribution in [0.3, 0.4) is 0 Å². The van der Waals surface area contributed by atoms with E-state index >= 15 is 0 Å². The third kappa shape index (κ3) is 5.80. The van der Waals surface area contributed by atoms with E-state index in [0.29, 0.717) is 32.2 Å². The van der Waals surface area contributed by atoms with Crippen LogP contribution in [0.4, 0.5) is 0 Å². The predicted molar refractivity (Wildman–Crippen MR) is 115 cm³/mol. The number of aliphatic hydroxyl groups is 1. The van der Waals surface area contributed by atoms with E-state index < -0.39 is 5.97 Å². The highest BCUT2D eigenvalue weighted by molar-refractivity contribution is 7.09. The van der Waals surface area contributed by atoms with Gasteiger partial charge >= 0.3 is 5.97 Å². The van der Waals surface area contributed by atoms with Crippen molar-refractivity contribution in [1.29, 1.82) is 0 Å². The van der Waals surface area contributed by atoms with Gasteiger partial charge in [0.2, 0.25) is 5.91 Å². The molecule has 2 N–H and O–H groups in total. The highest BCUT2D eigenvalue weighted by Gasteiger charge is 2.43. The van der Waals surface area contributed by atoms with Crippen molar-refractivity contribution in [2.24, 2.45) is 5.41 Å². The molecule has 1 amide bonds. The van der Waals surface area contributed by atoms with Gasteiger partial charge in [-0.1, -0.05) is 36.8 Å². The lowest BCUT2D eigenvalue weighted by Gasteiger charge is -2.45. The van der Waals surface area contributed by atoms with Crippen molar-refractivity contribution < 1.29 is 19.8 Å². The molecule has 0 aromatic carbocycles. The summed E-state index contributed by atoms with van der Waals surface area (Å²) in [7, 11) is 0. The summed E-state index contributed by atoms with van der Waals surface area (Å²) in [6.45, 7) is 0.561. The number of unbranched alkanes of at least 4 members (excludes halogenated alkanes) is 1. The van der Waals surface area contributed by atoms with Gasteiger partial charge in [0.25, 0.3) is 0 Å². The average molecular weight is 418 g/mol. The summed E-state index contributed by atoms with van der Waals surface area (Å²) >= 11 is 1.76. The van der Waals surface area contributed by atoms with Crippen molar-refractivity contribution in [1.82, 2.24) is 4.90 Å². The van der Waals surface area contributed by atoms with Crippen LogP contribution in [0.25, 0.3) is 0 Å². The molecule has 2 unspecified atom stereocenters. The second kappa shape index (κ2) is 10.2. The van der Waals surface area contributed by atoms with Crippen molar-refractivity contribution in [3.05, 3.63) is 46.7 Å². The molecule has 6 heteroatoms. The van der Waals surface area contributed by atoms with Gasteiger partial charge in [0.1, 0.15) is 0 Å². The standard InChI is InChI=1S/C23H31NO4S/c25-20(23(12-7-13-23)17-19-9-6-15-29-19)10-5-8-18-16-21(26)24(18)14-4-2-1-3-11-22(27)28/h2,4-6,8-9,15,18,20,25H,1,3,7,10-14,16-17H2,(H,27,28)/b4-2-,8-5+. The van der Waals surface area contributed by atoms with Crippen LogP contribution < -0.4 is 0 Å². The second-order valence-corrected chi connectivity index (χ2v) is 9.26. The van der Waals surface area contributed by atoms with Crippen LogP contribution in [-0.2, 0) is 16.0 Å². The van der Waals surface area contributed by atoms with E-state index in [9.17, 15) is 14.7 Å². The fourth-order valence-electron chi connectivity index (χ4n) is 4.20. The molecule has 1 aliphatic heterocycles. The lowest BCUT2D eigenvalue weighted by atomic mass is 9.62. The van der Waals surface area contributed by atoms with Gasteiger partial charge in [0.15, 0.2) is 0 Å². The number of nitrogens with zero attached hydrogens (tertiary/aromatic N) is 1. The largest absolute Gasteiger partial charge is 0.481 e. The number of carboxylic acids is 1. The number of carboxylic acid groups (broad SMARTS) is 1. The first kappa shape index (κ1) is 21.8. The molecule has 2 aliphatic rings. The molecule has 2 heterocycles. The van der Waals surface area contributed by atoms with Gasteiger partial charge in [0.05, 0.1) is 18.6 Å². The first-order valence-electron chi connectivity index (χ1n) is 10.5. The lowest BCUT2D eigenvalue weighted by molar-refractivity contribution is -0.142. The zero-order chi connectivity index (χ0) is 20.7. The van der Waals surface area contributed by atoms with Gasteiger partial charge < -0.3 is 15.1 Å². The minimum atomic E-state index is -0.775. The summed E-state index contributed by atoms with van der Waals surface area (Å²) in [4.78, 5) is 25.5. The Morgan fingerprint density at radius 1 is 1.34 bits per heavy atom. The zero-order valence-electron chi connectivity index (χ0n) is 16.8. The van der Waals surface area contributed by atoms with Crippen molar-refractivity contribution in [2.75, 3.05) is 6.54 Å². The Hall–Kier alpha value is -1.92. The Labute approximate surface area is 176 Å². The van der Waals surface area contributed by atoms with Crippen LogP contribution in [0.2, 0.25) is 0 Å². The number of β-lactam (4-membered cyclic amide) rings is 1. The van der Waals surface area contributed by atoms with Gasteiger partial charge in [-0.25, -0.2) is 0 Å². The number of rotatable bonds is 12. The third-order valence-corrected chi connectivity index (χ3v) is 7.09. The molecular weight excluding hydrogens is 386 g/mol. The average Bonchev–Trinajstić information content (AvgIpc) is 3.15. The number of hydrogen-bond acceptors (Lipinski definition) is 4. The predicted octanol–water partition coefficient (Wildman–Crippen LogP) is 4.18. The number of allylic oxidation sites excluding steroid dienone is 1. The fourth-order valence-corrected chi connectivity index (χ4v) is 5.06. The molecule has 0 bridgehead atoms. The van der Waals surface area contributed by atoms with Crippen LogP contribution in [0.15, 0.2) is 41.8 Å². The van der Waals surface area contributed by atoms with Gasteiger partial charge in [0, 0.05) is 23.3 Å². The van der Waals surface area contributed by atoms with E-state index in [-0.39, 0.29) is 29.9 Å². The lowest BCUT2D eigenvalue weighted by Crippen LogP contribution is -2.51. The highest BCUT2D eigenvalue weighted by Crippen LogP contribution is 2.48. The maximum absolute atomic E-state index is 11.9. The Kier molecular flexibility index (Phi) is 7.67. The van der Waals surface area contributed by atoms with E-state index in [1.807, 2.05) is 23.1 Å². The zero-order valence-corrected chi connectivity index (χ0v) is 17.7. The minimum absolute atomic E-state index is 0.0169. The molecule has 1 saturated carbocycles. The van der Waals surface area contributed by atoms with E-state index in [0.717, 1.165) is 19.3 Å². The van der Waals surface area contributed by atoms with E-state index in [4.69, 9.17) is 5.11 Å². The van der Waals surface area contributed by atoms with Crippen molar-refractivity contribution in [3.63, 3.8) is 0 Å². The van der Waals surface area contributed by atoms with Crippen molar-refractivity contribution in [2.45, 2.75) is 69.9 Å². The number of likely N-dealkylation sites (tertiary alicyclic amines) is 1. The Balaban J connectivity index is 1.42. The number of amides is 1. The second-order valence-electron chi connectivity index (χ2n) is 8.23. The summed E-state index contributed by atoms with van der Waals surface area (Å²) in [5, 5.41) is 21.5. The first-order chi connectivity index (χ1) is 14.0. The first-order valence-corrected chi connectivity index (χ1v) is 11.4. The molecular formula is C23H31NO4S. The van der Waals surface area contributed by atoms with E-state index in [1.165, 1.54) is 11.3 Å². The summed E-state index contributed by atoms with van der Waals surface area (Å²) < 4.78 is 0. The number of hydrogen-bond donors (Lipinski definition) is 2. The Morgan fingerprint density at radius 3 is 2.79 bits per heavy atom. The molecule has 29 heavy (non-hydrogen) atoms. The van der Waals surface area contributed by atoms with E-state index in [1.54, 1.807) is 11.3 Å². The molecule has 158 valence electrons. The van der Waals surface area contributed by atoms with E-state index in [2.05, 4.69) is 23.6 Å². The number of carbonyl (C=O) groups is 2. The van der Waals surface area contributed by atoms with Crippen LogP contribution in [-0.4, -0.2) is 45.7 Å². The van der Waals surface area contributed by atoms with Crippen LogP contribution >= 0.6 is 11.3 Å².